The average Bonchev–Trinajstić information content (AvgIpc) is 2.91. The number of amides is 1. The fourth-order valence-electron chi connectivity index (χ4n) is 2.40. The molecule has 0 unspecified atom stereocenters. The number of anilines is 1. The number of carbonyl (C=O) groups is 1. The smallest absolute Gasteiger partial charge is 0.324 e. The third kappa shape index (κ3) is 5.57. The van der Waals surface area contributed by atoms with Crippen molar-refractivity contribution in [1.29, 1.82) is 0 Å². The van der Waals surface area contributed by atoms with Crippen molar-refractivity contribution in [3.05, 3.63) is 51.7 Å². The number of rotatable bonds is 6. The highest BCUT2D eigenvalue weighted by Crippen LogP contribution is 2.34. The molecule has 0 spiro atoms. The van der Waals surface area contributed by atoms with Crippen LogP contribution >= 0.6 is 11.3 Å². The second-order valence-electron chi connectivity index (χ2n) is 6.10. The molecule has 0 aliphatic rings. The van der Waals surface area contributed by atoms with E-state index in [2.05, 4.69) is 5.32 Å². The van der Waals surface area contributed by atoms with E-state index in [9.17, 15) is 18.0 Å². The van der Waals surface area contributed by atoms with Gasteiger partial charge in [-0.15, -0.1) is 11.3 Å². The zero-order valence-electron chi connectivity index (χ0n) is 14.4. The standard InChI is InChI=1S/C18H21F3N2OS/c1-12(2)23(10-14-9-8-13(3)25-14)11-17(24)22-16-7-5-4-6-15(16)18(19,20)21/h4-9,12H,10-11H2,1-3H3,(H,22,24). The molecule has 0 aliphatic carbocycles. The van der Waals surface area contributed by atoms with Gasteiger partial charge in [0, 0.05) is 22.3 Å². The Balaban J connectivity index is 2.07. The molecule has 0 radical (unpaired) electrons. The van der Waals surface area contributed by atoms with Crippen LogP contribution in [0.25, 0.3) is 0 Å². The summed E-state index contributed by atoms with van der Waals surface area (Å²) >= 11 is 1.65. The van der Waals surface area contributed by atoms with Gasteiger partial charge in [0.2, 0.25) is 5.91 Å². The monoisotopic (exact) mass is 370 g/mol. The Hall–Kier alpha value is -1.86. The highest BCUT2D eigenvalue weighted by atomic mass is 32.1. The van der Waals surface area contributed by atoms with Crippen LogP contribution in [0.1, 0.15) is 29.2 Å². The lowest BCUT2D eigenvalue weighted by atomic mass is 10.1. The largest absolute Gasteiger partial charge is 0.418 e. The van der Waals surface area contributed by atoms with Gasteiger partial charge >= 0.3 is 6.18 Å². The van der Waals surface area contributed by atoms with Gasteiger partial charge in [-0.1, -0.05) is 12.1 Å². The van der Waals surface area contributed by atoms with Crippen molar-refractivity contribution in [2.75, 3.05) is 11.9 Å². The Kier molecular flexibility index (Phi) is 6.24. The van der Waals surface area contributed by atoms with Gasteiger partial charge in [-0.05, 0) is 45.0 Å². The zero-order chi connectivity index (χ0) is 18.6. The van der Waals surface area contributed by atoms with Crippen molar-refractivity contribution in [3.8, 4) is 0 Å². The average molecular weight is 370 g/mol. The number of benzene rings is 1. The van der Waals surface area contributed by atoms with Gasteiger partial charge < -0.3 is 5.32 Å². The minimum Gasteiger partial charge on any atom is -0.324 e. The lowest BCUT2D eigenvalue weighted by Gasteiger charge is -2.25. The zero-order valence-corrected chi connectivity index (χ0v) is 15.2. The van der Waals surface area contributed by atoms with Gasteiger partial charge in [0.25, 0.3) is 0 Å². The Morgan fingerprint density at radius 1 is 1.20 bits per heavy atom. The second-order valence-corrected chi connectivity index (χ2v) is 7.48. The number of hydrogen-bond acceptors (Lipinski definition) is 3. The summed E-state index contributed by atoms with van der Waals surface area (Å²) in [5, 5.41) is 2.40. The minimum atomic E-state index is -4.50. The number of aryl methyl sites for hydroxylation is 1. The van der Waals surface area contributed by atoms with Gasteiger partial charge in [-0.25, -0.2) is 0 Å². The Morgan fingerprint density at radius 2 is 1.88 bits per heavy atom. The molecule has 2 aromatic rings. The summed E-state index contributed by atoms with van der Waals surface area (Å²) in [6.07, 6.45) is -4.50. The summed E-state index contributed by atoms with van der Waals surface area (Å²) in [4.78, 5) is 16.5. The van der Waals surface area contributed by atoms with Gasteiger partial charge in [0.15, 0.2) is 0 Å². The van der Waals surface area contributed by atoms with Crippen molar-refractivity contribution in [3.63, 3.8) is 0 Å². The molecule has 1 N–H and O–H groups in total. The molecule has 1 aromatic heterocycles. The Bertz CT molecular complexity index is 725. The fourth-order valence-corrected chi connectivity index (χ4v) is 3.32. The molecule has 0 aliphatic heterocycles. The summed E-state index contributed by atoms with van der Waals surface area (Å²) < 4.78 is 39.1. The van der Waals surface area contributed by atoms with E-state index >= 15 is 0 Å². The first-order valence-corrected chi connectivity index (χ1v) is 8.74. The highest BCUT2D eigenvalue weighted by Gasteiger charge is 2.33. The maximum absolute atomic E-state index is 13.0. The van der Waals surface area contributed by atoms with Gasteiger partial charge in [0.05, 0.1) is 17.8 Å². The predicted octanol–water partition coefficient (Wildman–Crippen LogP) is 4.92. The highest BCUT2D eigenvalue weighted by molar-refractivity contribution is 7.11. The fraction of sp³-hybridized carbons (Fsp3) is 0.389. The van der Waals surface area contributed by atoms with Crippen LogP contribution in [-0.4, -0.2) is 23.4 Å². The Morgan fingerprint density at radius 3 is 2.44 bits per heavy atom. The quantitative estimate of drug-likeness (QED) is 0.782. The first-order valence-electron chi connectivity index (χ1n) is 7.92. The maximum Gasteiger partial charge on any atom is 0.418 e. The number of nitrogens with zero attached hydrogens (tertiary/aromatic N) is 1. The van der Waals surface area contributed by atoms with E-state index in [4.69, 9.17) is 0 Å². The predicted molar refractivity (Wildman–Crippen MR) is 94.7 cm³/mol. The van der Waals surface area contributed by atoms with Crippen molar-refractivity contribution >= 4 is 22.9 Å². The van der Waals surface area contributed by atoms with Gasteiger partial charge in [0.1, 0.15) is 0 Å². The molecule has 3 nitrogen and oxygen atoms in total. The van der Waals surface area contributed by atoms with E-state index < -0.39 is 17.6 Å². The SMILES string of the molecule is Cc1ccc(CN(CC(=O)Nc2ccccc2C(F)(F)F)C(C)C)s1. The topological polar surface area (TPSA) is 32.3 Å². The molecule has 1 aromatic carbocycles. The minimum absolute atomic E-state index is 0.0286. The third-order valence-electron chi connectivity index (χ3n) is 3.74. The van der Waals surface area contributed by atoms with Crippen LogP contribution < -0.4 is 5.32 Å². The second kappa shape index (κ2) is 8.01. The molecule has 1 heterocycles. The number of alkyl halides is 3. The van der Waals surface area contributed by atoms with Crippen LogP contribution in [0.3, 0.4) is 0 Å². The van der Waals surface area contributed by atoms with Crippen molar-refractivity contribution in [2.45, 2.75) is 39.5 Å². The van der Waals surface area contributed by atoms with Gasteiger partial charge in [-0.3, -0.25) is 9.69 Å². The van der Waals surface area contributed by atoms with Crippen LogP contribution in [0.2, 0.25) is 0 Å². The van der Waals surface area contributed by atoms with Crippen LogP contribution in [0, 0.1) is 6.92 Å². The molecule has 0 saturated heterocycles. The lowest BCUT2D eigenvalue weighted by Crippen LogP contribution is -2.37. The summed E-state index contributed by atoms with van der Waals surface area (Å²) in [5.74, 6) is -0.460. The summed E-state index contributed by atoms with van der Waals surface area (Å²) in [7, 11) is 0. The molecule has 2 rings (SSSR count). The number of nitrogens with one attached hydrogen (secondary N) is 1. The summed E-state index contributed by atoms with van der Waals surface area (Å²) in [6, 6.07) is 9.11. The number of hydrogen-bond donors (Lipinski definition) is 1. The van der Waals surface area contributed by atoms with Crippen molar-refractivity contribution < 1.29 is 18.0 Å². The molecule has 7 heteroatoms. The van der Waals surface area contributed by atoms with Crippen LogP contribution in [0.4, 0.5) is 18.9 Å². The molecule has 0 fully saturated rings. The number of carbonyl (C=O) groups excluding carboxylic acids is 1. The van der Waals surface area contributed by atoms with Crippen LogP contribution in [0.15, 0.2) is 36.4 Å². The lowest BCUT2D eigenvalue weighted by molar-refractivity contribution is -0.137. The Labute approximate surface area is 149 Å². The molecular weight excluding hydrogens is 349 g/mol. The van der Waals surface area contributed by atoms with Crippen molar-refractivity contribution in [2.24, 2.45) is 0 Å². The summed E-state index contributed by atoms with van der Waals surface area (Å²) in [5.41, 5.74) is -1.05. The first-order chi connectivity index (χ1) is 11.7. The maximum atomic E-state index is 13.0. The van der Waals surface area contributed by atoms with Gasteiger partial charge in [-0.2, -0.15) is 13.2 Å². The van der Waals surface area contributed by atoms with E-state index in [1.165, 1.54) is 23.1 Å². The molecule has 0 saturated carbocycles. The van der Waals surface area contributed by atoms with E-state index in [0.717, 1.165) is 10.9 Å². The van der Waals surface area contributed by atoms with E-state index in [-0.39, 0.29) is 18.3 Å². The number of para-hydroxylation sites is 1. The number of thiophene rings is 1. The van der Waals surface area contributed by atoms with Crippen molar-refractivity contribution in [1.82, 2.24) is 4.90 Å². The molecule has 0 bridgehead atoms. The molecular formula is C18H21F3N2OS. The first kappa shape index (κ1) is 19.5. The van der Waals surface area contributed by atoms with Crippen LogP contribution in [-0.2, 0) is 17.5 Å². The normalized spacial score (nSPS) is 12.0. The third-order valence-corrected chi connectivity index (χ3v) is 4.72. The van der Waals surface area contributed by atoms with E-state index in [1.807, 2.05) is 37.8 Å². The molecule has 1 amide bonds. The number of halogens is 3. The molecule has 136 valence electrons. The summed E-state index contributed by atoms with van der Waals surface area (Å²) in [6.45, 7) is 6.54. The van der Waals surface area contributed by atoms with Crippen LogP contribution in [0.5, 0.6) is 0 Å². The molecule has 25 heavy (non-hydrogen) atoms. The van der Waals surface area contributed by atoms with E-state index in [1.54, 1.807) is 11.3 Å². The van der Waals surface area contributed by atoms with E-state index in [0.29, 0.717) is 6.54 Å². The molecule has 0 atom stereocenters.